The molecule has 0 atom stereocenters. The van der Waals surface area contributed by atoms with E-state index < -0.39 is 5.91 Å². The molecular weight excluding hydrogens is 456 g/mol. The van der Waals surface area contributed by atoms with E-state index in [2.05, 4.69) is 21.2 Å². The van der Waals surface area contributed by atoms with Crippen LogP contribution in [0.3, 0.4) is 0 Å². The first-order chi connectivity index (χ1) is 13.8. The predicted molar refractivity (Wildman–Crippen MR) is 118 cm³/mol. The smallest absolute Gasteiger partial charge is 0.262 e. The molecule has 0 aromatic heterocycles. The molecule has 5 nitrogen and oxygen atoms in total. The Morgan fingerprint density at radius 3 is 2.48 bits per heavy atom. The second kappa shape index (κ2) is 10.9. The molecular formula is C22H22BrClN2O3. The Bertz CT molecular complexity index is 934. The lowest BCUT2D eigenvalue weighted by Gasteiger charge is -2.14. The van der Waals surface area contributed by atoms with Gasteiger partial charge in [0, 0.05) is 15.5 Å². The van der Waals surface area contributed by atoms with Crippen LogP contribution < -0.4 is 14.8 Å². The van der Waals surface area contributed by atoms with Gasteiger partial charge in [0.05, 0.1) is 6.61 Å². The topological polar surface area (TPSA) is 71.3 Å². The first kappa shape index (κ1) is 22.8. The Balaban J connectivity index is 2.30. The first-order valence-electron chi connectivity index (χ1n) is 9.10. The Morgan fingerprint density at radius 1 is 1.24 bits per heavy atom. The highest BCUT2D eigenvalue weighted by Crippen LogP contribution is 2.35. The predicted octanol–water partition coefficient (Wildman–Crippen LogP) is 5.51. The lowest BCUT2D eigenvalue weighted by Crippen LogP contribution is -2.30. The van der Waals surface area contributed by atoms with Gasteiger partial charge in [-0.15, -0.1) is 0 Å². The van der Waals surface area contributed by atoms with Crippen molar-refractivity contribution in [2.45, 2.75) is 33.4 Å². The molecule has 152 valence electrons. The first-order valence-corrected chi connectivity index (χ1v) is 10.3. The van der Waals surface area contributed by atoms with E-state index in [0.29, 0.717) is 39.8 Å². The Labute approximate surface area is 184 Å². The van der Waals surface area contributed by atoms with Gasteiger partial charge in [-0.2, -0.15) is 5.26 Å². The Kier molecular flexibility index (Phi) is 8.56. The van der Waals surface area contributed by atoms with Gasteiger partial charge in [0.25, 0.3) is 5.91 Å². The number of amides is 1. The maximum Gasteiger partial charge on any atom is 0.262 e. The number of nitrogens with zero attached hydrogens (tertiary/aromatic N) is 1. The summed E-state index contributed by atoms with van der Waals surface area (Å²) in [7, 11) is 0. The molecule has 1 N–H and O–H groups in total. The summed E-state index contributed by atoms with van der Waals surface area (Å²) >= 11 is 9.40. The number of nitrogens with one attached hydrogen (secondary N) is 1. The van der Waals surface area contributed by atoms with Crippen molar-refractivity contribution in [2.75, 3.05) is 6.61 Å². The van der Waals surface area contributed by atoms with Crippen LogP contribution in [0.15, 0.2) is 46.4 Å². The minimum Gasteiger partial charge on any atom is -0.490 e. The fourth-order valence-corrected chi connectivity index (χ4v) is 2.99. The van der Waals surface area contributed by atoms with Crippen LogP contribution in [0.4, 0.5) is 0 Å². The van der Waals surface area contributed by atoms with Gasteiger partial charge < -0.3 is 14.8 Å². The molecule has 29 heavy (non-hydrogen) atoms. The highest BCUT2D eigenvalue weighted by molar-refractivity contribution is 9.10. The number of ether oxygens (including phenoxy) is 2. The number of rotatable bonds is 8. The van der Waals surface area contributed by atoms with Crippen molar-refractivity contribution >= 4 is 39.5 Å². The number of nitriles is 1. The molecule has 0 spiro atoms. The van der Waals surface area contributed by atoms with E-state index in [0.717, 1.165) is 5.56 Å². The van der Waals surface area contributed by atoms with Crippen molar-refractivity contribution in [1.29, 1.82) is 5.26 Å². The molecule has 2 rings (SSSR count). The van der Waals surface area contributed by atoms with Gasteiger partial charge in [-0.3, -0.25) is 4.79 Å². The molecule has 0 bridgehead atoms. The van der Waals surface area contributed by atoms with Crippen LogP contribution in [-0.2, 0) is 11.4 Å². The third kappa shape index (κ3) is 6.81. The molecule has 0 aliphatic rings. The molecule has 0 aliphatic heterocycles. The maximum atomic E-state index is 12.2. The monoisotopic (exact) mass is 476 g/mol. The zero-order chi connectivity index (χ0) is 21.4. The van der Waals surface area contributed by atoms with Crippen LogP contribution in [-0.4, -0.2) is 18.6 Å². The average molecular weight is 478 g/mol. The number of hydrogen-bond acceptors (Lipinski definition) is 4. The summed E-state index contributed by atoms with van der Waals surface area (Å²) in [5, 5.41) is 12.7. The van der Waals surface area contributed by atoms with Gasteiger partial charge in [-0.05, 0) is 62.2 Å². The van der Waals surface area contributed by atoms with Crippen LogP contribution in [0.25, 0.3) is 6.08 Å². The van der Waals surface area contributed by atoms with E-state index in [9.17, 15) is 10.1 Å². The summed E-state index contributed by atoms with van der Waals surface area (Å²) in [6.07, 6.45) is 1.52. The van der Waals surface area contributed by atoms with Gasteiger partial charge in [-0.25, -0.2) is 0 Å². The summed E-state index contributed by atoms with van der Waals surface area (Å²) in [5.74, 6) is 0.656. The largest absolute Gasteiger partial charge is 0.490 e. The zero-order valence-electron chi connectivity index (χ0n) is 16.5. The quantitative estimate of drug-likeness (QED) is 0.402. The van der Waals surface area contributed by atoms with Crippen LogP contribution in [0.1, 0.15) is 31.9 Å². The van der Waals surface area contributed by atoms with Gasteiger partial charge in [0.1, 0.15) is 18.2 Å². The fourth-order valence-electron chi connectivity index (χ4n) is 2.43. The molecule has 0 fully saturated rings. The third-order valence-electron chi connectivity index (χ3n) is 3.76. The normalized spacial score (nSPS) is 11.1. The van der Waals surface area contributed by atoms with Crippen molar-refractivity contribution in [1.82, 2.24) is 5.32 Å². The Morgan fingerprint density at radius 2 is 1.90 bits per heavy atom. The zero-order valence-corrected chi connectivity index (χ0v) is 18.8. The van der Waals surface area contributed by atoms with Crippen molar-refractivity contribution in [2.24, 2.45) is 0 Å². The fraction of sp³-hybridized carbons (Fsp3) is 0.273. The van der Waals surface area contributed by atoms with E-state index in [-0.39, 0.29) is 11.6 Å². The molecule has 0 aliphatic carbocycles. The van der Waals surface area contributed by atoms with Gasteiger partial charge in [0.2, 0.25) is 0 Å². The van der Waals surface area contributed by atoms with Crippen molar-refractivity contribution in [3.8, 4) is 17.6 Å². The second-order valence-corrected chi connectivity index (χ2v) is 7.76. The van der Waals surface area contributed by atoms with Gasteiger partial charge in [-0.1, -0.05) is 39.7 Å². The minimum atomic E-state index is -0.421. The van der Waals surface area contributed by atoms with E-state index >= 15 is 0 Å². The molecule has 2 aromatic carbocycles. The number of halogens is 2. The van der Waals surface area contributed by atoms with E-state index in [1.54, 1.807) is 24.3 Å². The molecule has 1 amide bonds. The number of carbonyl (C=O) groups excluding carboxylic acids is 1. The lowest BCUT2D eigenvalue weighted by molar-refractivity contribution is -0.117. The summed E-state index contributed by atoms with van der Waals surface area (Å²) in [5.41, 5.74) is 1.62. The number of benzene rings is 2. The number of hydrogen-bond donors (Lipinski definition) is 1. The Hall–Kier alpha value is -2.49. The van der Waals surface area contributed by atoms with E-state index in [4.69, 9.17) is 21.1 Å². The second-order valence-electron chi connectivity index (χ2n) is 6.47. The van der Waals surface area contributed by atoms with Crippen LogP contribution in [0.5, 0.6) is 11.5 Å². The van der Waals surface area contributed by atoms with Gasteiger partial charge >= 0.3 is 0 Å². The molecule has 0 unspecified atom stereocenters. The van der Waals surface area contributed by atoms with Crippen LogP contribution in [0, 0.1) is 11.3 Å². The van der Waals surface area contributed by atoms with Gasteiger partial charge in [0.15, 0.2) is 11.5 Å². The SMILES string of the molecule is CCOc1cc(/C=C(/C#N)C(=O)NC(C)C)c(Br)cc1OCc1ccc(Cl)cc1. The van der Waals surface area contributed by atoms with Crippen molar-refractivity contribution in [3.05, 3.63) is 62.6 Å². The van der Waals surface area contributed by atoms with Crippen LogP contribution in [0.2, 0.25) is 5.02 Å². The lowest BCUT2D eigenvalue weighted by atomic mass is 10.1. The molecule has 0 saturated heterocycles. The summed E-state index contributed by atoms with van der Waals surface area (Å²) in [6, 6.07) is 12.8. The highest BCUT2D eigenvalue weighted by atomic mass is 79.9. The maximum absolute atomic E-state index is 12.2. The molecule has 0 saturated carbocycles. The standard InChI is InChI=1S/C22H22BrClN2O3/c1-4-28-20-10-16(9-17(12-25)22(27)26-14(2)3)19(23)11-21(20)29-13-15-5-7-18(24)8-6-15/h5-11,14H,4,13H2,1-3H3,(H,26,27)/b17-9-. The van der Waals surface area contributed by atoms with Crippen LogP contribution >= 0.6 is 27.5 Å². The number of carbonyl (C=O) groups is 1. The van der Waals surface area contributed by atoms with Crippen molar-refractivity contribution < 1.29 is 14.3 Å². The minimum absolute atomic E-state index is 0.0108. The molecule has 0 radical (unpaired) electrons. The average Bonchev–Trinajstić information content (AvgIpc) is 2.67. The summed E-state index contributed by atoms with van der Waals surface area (Å²) in [6.45, 7) is 6.34. The van der Waals surface area contributed by atoms with E-state index in [1.807, 2.05) is 39.0 Å². The molecule has 7 heteroatoms. The van der Waals surface area contributed by atoms with Crippen molar-refractivity contribution in [3.63, 3.8) is 0 Å². The molecule has 2 aromatic rings. The highest BCUT2D eigenvalue weighted by Gasteiger charge is 2.14. The third-order valence-corrected chi connectivity index (χ3v) is 4.69. The summed E-state index contributed by atoms with van der Waals surface area (Å²) < 4.78 is 12.3. The van der Waals surface area contributed by atoms with E-state index in [1.165, 1.54) is 6.08 Å². The summed E-state index contributed by atoms with van der Waals surface area (Å²) in [4.78, 5) is 12.2. The molecule has 0 heterocycles.